The summed E-state index contributed by atoms with van der Waals surface area (Å²) in [5.74, 6) is -0.0762. The van der Waals surface area contributed by atoms with E-state index in [0.29, 0.717) is 61.0 Å². The SMILES string of the molecule is O=C(c1nccs1)N1CCN(C2CC(=O)N(c3cccc(-c4cccc(C(F)(F)F)c4)c3)C2)CC1. The zero-order chi connectivity index (χ0) is 24.6. The van der Waals surface area contributed by atoms with Gasteiger partial charge in [0, 0.05) is 62.5 Å². The number of benzene rings is 2. The van der Waals surface area contributed by atoms with Gasteiger partial charge >= 0.3 is 6.18 Å². The fraction of sp³-hybridized carbons (Fsp3) is 0.320. The molecule has 3 aromatic rings. The fourth-order valence-corrected chi connectivity index (χ4v) is 5.27. The third kappa shape index (κ3) is 4.94. The number of carbonyl (C=O) groups excluding carboxylic acids is 2. The first kappa shape index (κ1) is 23.5. The molecule has 0 bridgehead atoms. The molecule has 0 N–H and O–H groups in total. The molecule has 0 saturated carbocycles. The molecule has 0 aliphatic carbocycles. The predicted molar refractivity (Wildman–Crippen MR) is 127 cm³/mol. The van der Waals surface area contributed by atoms with Gasteiger partial charge in [-0.3, -0.25) is 14.5 Å². The van der Waals surface area contributed by atoms with Crippen LogP contribution in [0.15, 0.2) is 60.1 Å². The van der Waals surface area contributed by atoms with Gasteiger partial charge in [-0.1, -0.05) is 24.3 Å². The highest BCUT2D eigenvalue weighted by atomic mass is 32.1. The molecular formula is C25H23F3N4O2S. The molecule has 2 aromatic carbocycles. The molecule has 6 nitrogen and oxygen atoms in total. The van der Waals surface area contributed by atoms with Gasteiger partial charge < -0.3 is 9.80 Å². The first-order valence-electron chi connectivity index (χ1n) is 11.3. The number of aromatic nitrogens is 1. The minimum absolute atomic E-state index is 0.0162. The van der Waals surface area contributed by atoms with E-state index in [1.807, 2.05) is 6.07 Å². The van der Waals surface area contributed by atoms with Gasteiger partial charge in [-0.05, 0) is 35.4 Å². The van der Waals surface area contributed by atoms with Crippen molar-refractivity contribution in [3.05, 3.63) is 70.7 Å². The van der Waals surface area contributed by atoms with Gasteiger partial charge in [-0.15, -0.1) is 11.3 Å². The number of hydrogen-bond donors (Lipinski definition) is 0. The maximum Gasteiger partial charge on any atom is 0.416 e. The summed E-state index contributed by atoms with van der Waals surface area (Å²) < 4.78 is 39.4. The van der Waals surface area contributed by atoms with Gasteiger partial charge in [0.15, 0.2) is 5.01 Å². The Morgan fingerprint density at radius 3 is 2.40 bits per heavy atom. The standard InChI is InChI=1S/C25H23F3N4O2S/c26-25(27,28)19-5-1-3-17(13-19)18-4-2-6-20(14-18)32-16-21(15-22(32)33)30-8-10-31(11-9-30)24(34)23-29-7-12-35-23/h1-7,12-14,21H,8-11,15-16H2. The van der Waals surface area contributed by atoms with E-state index in [2.05, 4.69) is 9.88 Å². The first-order valence-corrected chi connectivity index (χ1v) is 12.2. The second-order valence-corrected chi connectivity index (χ2v) is 9.55. The lowest BCUT2D eigenvalue weighted by atomic mass is 10.0. The number of alkyl halides is 3. The number of anilines is 1. The molecule has 1 aromatic heterocycles. The van der Waals surface area contributed by atoms with Crippen molar-refractivity contribution in [3.8, 4) is 11.1 Å². The van der Waals surface area contributed by atoms with Crippen molar-refractivity contribution in [1.29, 1.82) is 0 Å². The number of carbonyl (C=O) groups is 2. The van der Waals surface area contributed by atoms with Crippen molar-refractivity contribution in [2.45, 2.75) is 18.6 Å². The maximum absolute atomic E-state index is 13.1. The number of piperazine rings is 1. The summed E-state index contributed by atoms with van der Waals surface area (Å²) in [6.07, 6.45) is -2.43. The normalized spacial score (nSPS) is 19.4. The average molecular weight is 501 g/mol. The van der Waals surface area contributed by atoms with Crippen molar-refractivity contribution >= 4 is 28.8 Å². The zero-order valence-corrected chi connectivity index (χ0v) is 19.6. The third-order valence-electron chi connectivity index (χ3n) is 6.52. The lowest BCUT2D eigenvalue weighted by Gasteiger charge is -2.37. The second-order valence-electron chi connectivity index (χ2n) is 8.66. The molecule has 0 spiro atoms. The zero-order valence-electron chi connectivity index (χ0n) is 18.7. The topological polar surface area (TPSA) is 56.8 Å². The van der Waals surface area contributed by atoms with Gasteiger partial charge in [0.2, 0.25) is 5.91 Å². The Labute approximate surface area is 204 Å². The Morgan fingerprint density at radius 1 is 1.00 bits per heavy atom. The Morgan fingerprint density at radius 2 is 1.71 bits per heavy atom. The molecule has 3 heterocycles. The molecule has 2 fully saturated rings. The summed E-state index contributed by atoms with van der Waals surface area (Å²) in [6.45, 7) is 3.01. The molecule has 2 saturated heterocycles. The van der Waals surface area contributed by atoms with Crippen LogP contribution in [-0.2, 0) is 11.0 Å². The molecule has 2 aliphatic heterocycles. The van der Waals surface area contributed by atoms with E-state index < -0.39 is 11.7 Å². The summed E-state index contributed by atoms with van der Waals surface area (Å²) in [5.41, 5.74) is 1.04. The summed E-state index contributed by atoms with van der Waals surface area (Å²) in [4.78, 5) is 35.2. The molecule has 10 heteroatoms. The molecule has 1 atom stereocenters. The van der Waals surface area contributed by atoms with Gasteiger partial charge in [0.05, 0.1) is 5.56 Å². The predicted octanol–water partition coefficient (Wildman–Crippen LogP) is 4.39. The van der Waals surface area contributed by atoms with Crippen LogP contribution in [0.3, 0.4) is 0 Å². The summed E-state index contributed by atoms with van der Waals surface area (Å²) in [5, 5.41) is 2.27. The van der Waals surface area contributed by atoms with Crippen molar-refractivity contribution in [3.63, 3.8) is 0 Å². The van der Waals surface area contributed by atoms with E-state index in [4.69, 9.17) is 0 Å². The number of halogens is 3. The van der Waals surface area contributed by atoms with Crippen LogP contribution in [-0.4, -0.2) is 65.4 Å². The third-order valence-corrected chi connectivity index (χ3v) is 7.28. The van der Waals surface area contributed by atoms with Gasteiger partial charge in [0.25, 0.3) is 5.91 Å². The van der Waals surface area contributed by atoms with Crippen LogP contribution in [0.2, 0.25) is 0 Å². The Bertz CT molecular complexity index is 1220. The highest BCUT2D eigenvalue weighted by molar-refractivity contribution is 7.11. The molecule has 5 rings (SSSR count). The van der Waals surface area contributed by atoms with Crippen LogP contribution in [0.25, 0.3) is 11.1 Å². The van der Waals surface area contributed by atoms with Crippen LogP contribution < -0.4 is 4.90 Å². The summed E-state index contributed by atoms with van der Waals surface area (Å²) in [6, 6.07) is 12.3. The number of hydrogen-bond acceptors (Lipinski definition) is 5. The highest BCUT2D eigenvalue weighted by Gasteiger charge is 2.36. The van der Waals surface area contributed by atoms with Crippen LogP contribution in [0.4, 0.5) is 18.9 Å². The van der Waals surface area contributed by atoms with E-state index in [1.54, 1.807) is 45.6 Å². The molecular weight excluding hydrogens is 477 g/mol. The number of thiazole rings is 1. The Kier molecular flexibility index (Phi) is 6.33. The van der Waals surface area contributed by atoms with E-state index in [-0.39, 0.29) is 17.9 Å². The lowest BCUT2D eigenvalue weighted by Crippen LogP contribution is -2.52. The van der Waals surface area contributed by atoms with E-state index in [9.17, 15) is 22.8 Å². The summed E-state index contributed by atoms with van der Waals surface area (Å²) in [7, 11) is 0. The number of rotatable bonds is 4. The second kappa shape index (κ2) is 9.43. The van der Waals surface area contributed by atoms with Crippen LogP contribution in [0, 0.1) is 0 Å². The van der Waals surface area contributed by atoms with Crippen LogP contribution in [0.5, 0.6) is 0 Å². The van der Waals surface area contributed by atoms with Crippen molar-refractivity contribution < 1.29 is 22.8 Å². The number of amides is 2. The summed E-state index contributed by atoms with van der Waals surface area (Å²) >= 11 is 1.33. The average Bonchev–Trinajstić information content (AvgIpc) is 3.54. The van der Waals surface area contributed by atoms with Crippen molar-refractivity contribution in [2.24, 2.45) is 0 Å². The lowest BCUT2D eigenvalue weighted by molar-refractivity contribution is -0.137. The van der Waals surface area contributed by atoms with Crippen molar-refractivity contribution in [2.75, 3.05) is 37.6 Å². The Hall–Kier alpha value is -3.24. The maximum atomic E-state index is 13.1. The van der Waals surface area contributed by atoms with Crippen LogP contribution in [0.1, 0.15) is 21.8 Å². The van der Waals surface area contributed by atoms with Gasteiger partial charge in [0.1, 0.15) is 0 Å². The van der Waals surface area contributed by atoms with E-state index in [0.717, 1.165) is 12.1 Å². The molecule has 35 heavy (non-hydrogen) atoms. The van der Waals surface area contributed by atoms with Gasteiger partial charge in [-0.2, -0.15) is 13.2 Å². The molecule has 0 radical (unpaired) electrons. The van der Waals surface area contributed by atoms with Crippen LogP contribution >= 0.6 is 11.3 Å². The smallest absolute Gasteiger partial charge is 0.334 e. The first-order chi connectivity index (χ1) is 16.8. The minimum atomic E-state index is -4.42. The molecule has 1 unspecified atom stereocenters. The van der Waals surface area contributed by atoms with Crippen molar-refractivity contribution in [1.82, 2.24) is 14.8 Å². The monoisotopic (exact) mass is 500 g/mol. The number of nitrogens with zero attached hydrogens (tertiary/aromatic N) is 4. The Balaban J connectivity index is 1.26. The van der Waals surface area contributed by atoms with E-state index >= 15 is 0 Å². The largest absolute Gasteiger partial charge is 0.416 e. The van der Waals surface area contributed by atoms with E-state index in [1.165, 1.54) is 17.4 Å². The van der Waals surface area contributed by atoms with Gasteiger partial charge in [-0.25, -0.2) is 4.98 Å². The highest BCUT2D eigenvalue weighted by Crippen LogP contribution is 2.34. The minimum Gasteiger partial charge on any atom is -0.334 e. The molecule has 182 valence electrons. The quantitative estimate of drug-likeness (QED) is 0.533. The fourth-order valence-electron chi connectivity index (χ4n) is 4.67. The molecule has 2 amide bonds. The molecule has 2 aliphatic rings.